The van der Waals surface area contributed by atoms with Crippen molar-refractivity contribution in [2.24, 2.45) is 0 Å². The van der Waals surface area contributed by atoms with Gasteiger partial charge in [0.15, 0.2) is 0 Å². The van der Waals surface area contributed by atoms with Gasteiger partial charge in [-0.1, -0.05) is 6.08 Å². The van der Waals surface area contributed by atoms with Crippen molar-refractivity contribution in [3.05, 3.63) is 17.2 Å². The smallest absolute Gasteiger partial charge is 0.0386 e. The van der Waals surface area contributed by atoms with Crippen LogP contribution in [-0.4, -0.2) is 12.5 Å². The Morgan fingerprint density at radius 2 is 1.86 bits per heavy atom. The van der Waals surface area contributed by atoms with E-state index >= 15 is 0 Å². The maximum Gasteiger partial charge on any atom is 0.0386 e. The van der Waals surface area contributed by atoms with E-state index in [0.29, 0.717) is 0 Å². The van der Waals surface area contributed by atoms with Crippen LogP contribution in [0.2, 0.25) is 0 Å². The van der Waals surface area contributed by atoms with E-state index in [4.69, 9.17) is 0 Å². The monoisotopic (exact) mass is 133 g/mol. The largest absolute Gasteiger partial charge is 0.156 e. The lowest BCUT2D eigenvalue weighted by molar-refractivity contribution is 2.05. The van der Waals surface area contributed by atoms with Crippen LogP contribution in [-0.2, 0) is 0 Å². The van der Waals surface area contributed by atoms with Gasteiger partial charge in [-0.3, -0.25) is 0 Å². The molecular formula is C5H9S2. The third kappa shape index (κ3) is 6.44. The summed E-state index contributed by atoms with van der Waals surface area (Å²) in [5.74, 6) is 2.05. The van der Waals surface area contributed by atoms with Gasteiger partial charge in [-0.15, -0.1) is 11.8 Å². The van der Waals surface area contributed by atoms with E-state index in [1.807, 2.05) is 18.6 Å². The fourth-order valence-electron chi connectivity index (χ4n) is 0.189. The molecule has 41 valence electrons. The van der Waals surface area contributed by atoms with E-state index in [9.17, 15) is 0 Å². The highest BCUT2D eigenvalue weighted by Gasteiger charge is 1.68. The zero-order valence-corrected chi connectivity index (χ0v) is 6.18. The molecule has 0 saturated carbocycles. The molecule has 0 amide bonds. The minimum atomic E-state index is 1.72. The van der Waals surface area contributed by atoms with Crippen molar-refractivity contribution < 1.29 is 0 Å². The van der Waals surface area contributed by atoms with E-state index in [-0.39, 0.29) is 0 Å². The SMILES string of the molecule is CS[CH]/C=C/SC. The van der Waals surface area contributed by atoms with Gasteiger partial charge in [0, 0.05) is 5.75 Å². The molecule has 0 aliphatic rings. The molecule has 0 aliphatic heterocycles. The van der Waals surface area contributed by atoms with Gasteiger partial charge >= 0.3 is 0 Å². The minimum Gasteiger partial charge on any atom is -0.156 e. The van der Waals surface area contributed by atoms with Crippen LogP contribution in [0.25, 0.3) is 0 Å². The molecule has 0 saturated heterocycles. The highest BCUT2D eigenvalue weighted by Crippen LogP contribution is 2.02. The Kier molecular flexibility index (Phi) is 6.84. The van der Waals surface area contributed by atoms with Gasteiger partial charge in [0.2, 0.25) is 0 Å². The first-order chi connectivity index (χ1) is 3.41. The number of thioether (sulfide) groups is 2. The molecule has 7 heavy (non-hydrogen) atoms. The standard InChI is InChI=1S/C5H9S2/c1-6-4-3-5-7-2/h3-5H,1-2H3/b4-3+. The average molecular weight is 133 g/mol. The Morgan fingerprint density at radius 3 is 2.29 bits per heavy atom. The first kappa shape index (κ1) is 7.44. The lowest BCUT2D eigenvalue weighted by Gasteiger charge is -1.79. The van der Waals surface area contributed by atoms with Gasteiger partial charge in [-0.05, 0) is 17.9 Å². The van der Waals surface area contributed by atoms with E-state index < -0.39 is 0 Å². The number of hydrogen-bond acceptors (Lipinski definition) is 2. The van der Waals surface area contributed by atoms with Gasteiger partial charge in [0.25, 0.3) is 0 Å². The Labute approximate surface area is 53.8 Å². The molecule has 0 bridgehead atoms. The Morgan fingerprint density at radius 1 is 1.14 bits per heavy atom. The molecule has 0 atom stereocenters. The Balaban J connectivity index is 2.78. The van der Waals surface area contributed by atoms with Crippen molar-refractivity contribution in [1.82, 2.24) is 0 Å². The molecule has 0 heterocycles. The van der Waals surface area contributed by atoms with Crippen LogP contribution in [0.1, 0.15) is 0 Å². The second-order valence-corrected chi connectivity index (χ2v) is 2.42. The van der Waals surface area contributed by atoms with E-state index in [0.717, 1.165) is 0 Å². The first-order valence-electron chi connectivity index (χ1n) is 1.95. The highest BCUT2D eigenvalue weighted by molar-refractivity contribution is 8.02. The summed E-state index contributed by atoms with van der Waals surface area (Å²) >= 11 is 3.43. The Hall–Kier alpha value is 0.440. The van der Waals surface area contributed by atoms with Gasteiger partial charge in [-0.2, -0.15) is 11.8 Å². The summed E-state index contributed by atoms with van der Waals surface area (Å²) < 4.78 is 0. The second kappa shape index (κ2) is 6.44. The summed E-state index contributed by atoms with van der Waals surface area (Å²) in [7, 11) is 0. The summed E-state index contributed by atoms with van der Waals surface area (Å²) in [5, 5.41) is 2.05. The molecule has 0 aromatic rings. The molecule has 0 spiro atoms. The summed E-state index contributed by atoms with van der Waals surface area (Å²) in [4.78, 5) is 0. The quantitative estimate of drug-likeness (QED) is 0.580. The molecule has 0 rings (SSSR count). The topological polar surface area (TPSA) is 0 Å². The van der Waals surface area contributed by atoms with Crippen molar-refractivity contribution in [1.29, 1.82) is 0 Å². The lowest BCUT2D eigenvalue weighted by atomic mass is 10.8. The molecular weight excluding hydrogens is 124 g/mol. The van der Waals surface area contributed by atoms with Crippen molar-refractivity contribution in [2.45, 2.75) is 0 Å². The van der Waals surface area contributed by atoms with Crippen LogP contribution < -0.4 is 0 Å². The predicted octanol–water partition coefficient (Wildman–Crippen LogP) is 2.39. The molecule has 0 N–H and O–H groups in total. The Bertz CT molecular complexity index is 50.0. The summed E-state index contributed by atoms with van der Waals surface area (Å²) in [5.41, 5.74) is 0. The van der Waals surface area contributed by atoms with Gasteiger partial charge in [0.1, 0.15) is 0 Å². The van der Waals surface area contributed by atoms with Gasteiger partial charge in [-0.25, -0.2) is 0 Å². The van der Waals surface area contributed by atoms with E-state index in [1.165, 1.54) is 0 Å². The maximum atomic E-state index is 2.05. The third-order valence-corrected chi connectivity index (χ3v) is 1.29. The minimum absolute atomic E-state index is 1.72. The fraction of sp³-hybridized carbons (Fsp3) is 0.400. The molecule has 1 radical (unpaired) electrons. The van der Waals surface area contributed by atoms with Crippen molar-refractivity contribution in [2.75, 3.05) is 12.5 Å². The summed E-state index contributed by atoms with van der Waals surface area (Å²) in [6, 6.07) is 0. The molecule has 0 fully saturated rings. The maximum absolute atomic E-state index is 2.05. The third-order valence-electron chi connectivity index (χ3n) is 0.429. The lowest BCUT2D eigenvalue weighted by Crippen LogP contribution is -1.51. The fourth-order valence-corrected chi connectivity index (χ4v) is 0.760. The van der Waals surface area contributed by atoms with Crippen LogP contribution in [0.15, 0.2) is 11.5 Å². The van der Waals surface area contributed by atoms with Crippen molar-refractivity contribution in [3.63, 3.8) is 0 Å². The zero-order valence-electron chi connectivity index (χ0n) is 4.55. The number of hydrogen-bond donors (Lipinski definition) is 0. The molecule has 0 unspecified atom stereocenters. The van der Waals surface area contributed by atoms with Crippen LogP contribution >= 0.6 is 23.5 Å². The average Bonchev–Trinajstić information content (AvgIpc) is 1.69. The summed E-state index contributed by atoms with van der Waals surface area (Å²) in [6.45, 7) is 0. The van der Waals surface area contributed by atoms with E-state index in [2.05, 4.69) is 11.2 Å². The van der Waals surface area contributed by atoms with Crippen LogP contribution in [0.3, 0.4) is 0 Å². The molecule has 2 heteroatoms. The van der Waals surface area contributed by atoms with Crippen LogP contribution in [0, 0.1) is 5.75 Å². The van der Waals surface area contributed by atoms with Gasteiger partial charge < -0.3 is 0 Å². The van der Waals surface area contributed by atoms with Crippen molar-refractivity contribution >= 4 is 23.5 Å². The summed E-state index contributed by atoms with van der Waals surface area (Å²) in [6.07, 6.45) is 6.13. The van der Waals surface area contributed by atoms with Crippen LogP contribution in [0.4, 0.5) is 0 Å². The molecule has 0 nitrogen and oxygen atoms in total. The number of rotatable bonds is 3. The molecule has 0 aromatic heterocycles. The normalized spacial score (nSPS) is 10.6. The van der Waals surface area contributed by atoms with Gasteiger partial charge in [0.05, 0.1) is 0 Å². The molecule has 0 aromatic carbocycles. The molecule has 0 aliphatic carbocycles. The van der Waals surface area contributed by atoms with Crippen molar-refractivity contribution in [3.8, 4) is 0 Å². The highest BCUT2D eigenvalue weighted by atomic mass is 32.2. The first-order valence-corrected chi connectivity index (χ1v) is 4.53. The second-order valence-electron chi connectivity index (χ2n) is 0.936. The zero-order chi connectivity index (χ0) is 5.54. The van der Waals surface area contributed by atoms with E-state index in [1.54, 1.807) is 23.5 Å². The van der Waals surface area contributed by atoms with Crippen LogP contribution in [0.5, 0.6) is 0 Å². The predicted molar refractivity (Wildman–Crippen MR) is 40.5 cm³/mol.